The minimum Gasteiger partial charge on any atom is -0.436 e. The molecule has 9 heteroatoms. The largest absolute Gasteiger partial charge is 0.436 e. The lowest BCUT2D eigenvalue weighted by atomic mass is 10.1. The number of aromatic nitrogens is 1. The van der Waals surface area contributed by atoms with Crippen LogP contribution in [0, 0.1) is 17.6 Å². The molecule has 0 bridgehead atoms. The molecular formula is C19H16ClF2N3O2S. The lowest BCUT2D eigenvalue weighted by molar-refractivity contribution is -0.120. The molecular weight excluding hydrogens is 408 g/mol. The molecule has 0 aliphatic rings. The number of carbonyl (C=O) groups is 1. The van der Waals surface area contributed by atoms with Crippen LogP contribution < -0.4 is 10.6 Å². The van der Waals surface area contributed by atoms with Gasteiger partial charge in [-0.15, -0.1) is 0 Å². The second kappa shape index (κ2) is 8.20. The third kappa shape index (κ3) is 4.63. The maximum Gasteiger partial charge on any atom is 0.228 e. The van der Waals surface area contributed by atoms with Crippen LogP contribution in [0.4, 0.5) is 14.5 Å². The number of oxazole rings is 1. The summed E-state index contributed by atoms with van der Waals surface area (Å²) in [7, 11) is 0. The molecule has 1 amide bonds. The summed E-state index contributed by atoms with van der Waals surface area (Å²) < 4.78 is 32.4. The summed E-state index contributed by atoms with van der Waals surface area (Å²) in [6.07, 6.45) is 0.364. The molecule has 3 rings (SSSR count). The molecule has 146 valence electrons. The number of fused-ring (bicyclic) bond motifs is 1. The van der Waals surface area contributed by atoms with Crippen molar-refractivity contribution in [3.05, 3.63) is 47.0 Å². The van der Waals surface area contributed by atoms with Gasteiger partial charge in [0.05, 0.1) is 10.6 Å². The Hall–Kier alpha value is -2.58. The third-order valence-electron chi connectivity index (χ3n) is 3.73. The topological polar surface area (TPSA) is 67.2 Å². The zero-order chi connectivity index (χ0) is 20.4. The molecule has 3 aromatic rings. The van der Waals surface area contributed by atoms with Gasteiger partial charge >= 0.3 is 0 Å². The van der Waals surface area contributed by atoms with Crippen LogP contribution in [0.25, 0.3) is 22.6 Å². The molecule has 0 atom stereocenters. The van der Waals surface area contributed by atoms with Crippen molar-refractivity contribution in [2.45, 2.75) is 20.3 Å². The summed E-state index contributed by atoms with van der Waals surface area (Å²) in [5.74, 6) is -2.00. The number of hydrogen-bond acceptors (Lipinski definition) is 4. The summed E-state index contributed by atoms with van der Waals surface area (Å²) in [6.45, 7) is 3.87. The maximum absolute atomic E-state index is 13.5. The van der Waals surface area contributed by atoms with Crippen molar-refractivity contribution in [1.82, 2.24) is 10.3 Å². The van der Waals surface area contributed by atoms with Crippen molar-refractivity contribution in [1.29, 1.82) is 0 Å². The Morgan fingerprint density at radius 1 is 1.25 bits per heavy atom. The highest BCUT2D eigenvalue weighted by atomic mass is 35.5. The Balaban J connectivity index is 1.81. The highest BCUT2D eigenvalue weighted by Crippen LogP contribution is 2.32. The van der Waals surface area contributed by atoms with Gasteiger partial charge in [0, 0.05) is 12.1 Å². The van der Waals surface area contributed by atoms with Crippen molar-refractivity contribution in [2.24, 2.45) is 5.92 Å². The Morgan fingerprint density at radius 3 is 2.68 bits per heavy atom. The molecule has 2 N–H and O–H groups in total. The first-order chi connectivity index (χ1) is 13.2. The lowest BCUT2D eigenvalue weighted by Crippen LogP contribution is -2.34. The van der Waals surface area contributed by atoms with Gasteiger partial charge in [0.15, 0.2) is 22.3 Å². The van der Waals surface area contributed by atoms with Gasteiger partial charge in [-0.05, 0) is 48.5 Å². The van der Waals surface area contributed by atoms with E-state index >= 15 is 0 Å². The predicted molar refractivity (Wildman–Crippen MR) is 108 cm³/mol. The molecule has 2 aromatic carbocycles. The summed E-state index contributed by atoms with van der Waals surface area (Å²) in [5, 5.41) is 5.65. The number of anilines is 1. The first-order valence-electron chi connectivity index (χ1n) is 8.39. The summed E-state index contributed by atoms with van der Waals surface area (Å²) in [5.41, 5.74) is 1.61. The molecule has 1 heterocycles. The van der Waals surface area contributed by atoms with Crippen LogP contribution in [0.3, 0.4) is 0 Å². The van der Waals surface area contributed by atoms with Crippen molar-refractivity contribution < 1.29 is 18.0 Å². The number of rotatable bonds is 4. The van der Waals surface area contributed by atoms with Crippen LogP contribution in [-0.2, 0) is 4.79 Å². The molecule has 0 saturated carbocycles. The molecule has 0 unspecified atom stereocenters. The molecule has 0 saturated heterocycles. The zero-order valence-electron chi connectivity index (χ0n) is 15.0. The number of carbonyl (C=O) groups excluding carboxylic acids is 1. The number of hydrogen-bond donors (Lipinski definition) is 2. The van der Waals surface area contributed by atoms with Crippen molar-refractivity contribution in [2.75, 3.05) is 5.32 Å². The molecule has 0 radical (unpaired) electrons. The fourth-order valence-electron chi connectivity index (χ4n) is 2.52. The number of nitrogens with one attached hydrogen (secondary N) is 2. The highest BCUT2D eigenvalue weighted by molar-refractivity contribution is 7.80. The molecule has 1 aromatic heterocycles. The minimum absolute atomic E-state index is 0.0159. The van der Waals surface area contributed by atoms with E-state index in [2.05, 4.69) is 15.6 Å². The highest BCUT2D eigenvalue weighted by Gasteiger charge is 2.16. The van der Waals surface area contributed by atoms with Crippen LogP contribution in [0.1, 0.15) is 20.3 Å². The molecule has 5 nitrogen and oxygen atoms in total. The van der Waals surface area contributed by atoms with Gasteiger partial charge in [0.1, 0.15) is 5.52 Å². The smallest absolute Gasteiger partial charge is 0.228 e. The van der Waals surface area contributed by atoms with Crippen LogP contribution in [0.15, 0.2) is 34.7 Å². The molecule has 0 aliphatic carbocycles. The van der Waals surface area contributed by atoms with E-state index in [1.165, 1.54) is 0 Å². The van der Waals surface area contributed by atoms with Crippen molar-refractivity contribution in [3.8, 4) is 11.5 Å². The van der Waals surface area contributed by atoms with Crippen LogP contribution in [0.2, 0.25) is 5.02 Å². The van der Waals surface area contributed by atoms with Gasteiger partial charge in [0.25, 0.3) is 0 Å². The Labute approximate surface area is 170 Å². The van der Waals surface area contributed by atoms with E-state index in [1.54, 1.807) is 18.2 Å². The number of halogens is 3. The summed E-state index contributed by atoms with van der Waals surface area (Å²) in [6, 6.07) is 6.77. The van der Waals surface area contributed by atoms with E-state index < -0.39 is 11.6 Å². The monoisotopic (exact) mass is 423 g/mol. The Morgan fingerprint density at radius 2 is 1.96 bits per heavy atom. The minimum atomic E-state index is -1.05. The average Bonchev–Trinajstić information content (AvgIpc) is 3.00. The first kappa shape index (κ1) is 20.2. The zero-order valence-corrected chi connectivity index (χ0v) is 16.5. The summed E-state index contributed by atoms with van der Waals surface area (Å²) in [4.78, 5) is 16.0. The van der Waals surface area contributed by atoms with Crippen molar-refractivity contribution in [3.63, 3.8) is 0 Å². The number of benzene rings is 2. The maximum atomic E-state index is 13.5. The average molecular weight is 424 g/mol. The van der Waals surface area contributed by atoms with E-state index in [0.29, 0.717) is 23.2 Å². The molecule has 0 aliphatic heterocycles. The lowest BCUT2D eigenvalue weighted by Gasteiger charge is -2.10. The van der Waals surface area contributed by atoms with E-state index in [0.717, 1.165) is 12.1 Å². The SMILES string of the molecule is CC(C)CC(=O)NC(=S)Nc1ccc2oc(-c3cc(F)c(F)cc3Cl)nc2c1. The van der Waals surface area contributed by atoms with E-state index in [-0.39, 0.29) is 33.4 Å². The normalized spacial score (nSPS) is 11.1. The van der Waals surface area contributed by atoms with Crippen LogP contribution in [-0.4, -0.2) is 16.0 Å². The van der Waals surface area contributed by atoms with Crippen molar-refractivity contribution >= 4 is 51.6 Å². The Kier molecular flexibility index (Phi) is 5.90. The van der Waals surface area contributed by atoms with Gasteiger partial charge in [0.2, 0.25) is 11.8 Å². The van der Waals surface area contributed by atoms with Gasteiger partial charge in [-0.2, -0.15) is 0 Å². The second-order valence-electron chi connectivity index (χ2n) is 6.55. The fourth-order valence-corrected chi connectivity index (χ4v) is 2.98. The fraction of sp³-hybridized carbons (Fsp3) is 0.211. The number of nitrogens with zero attached hydrogens (tertiary/aromatic N) is 1. The van der Waals surface area contributed by atoms with Gasteiger partial charge in [-0.25, -0.2) is 13.8 Å². The van der Waals surface area contributed by atoms with E-state index in [9.17, 15) is 13.6 Å². The Bertz CT molecular complexity index is 1070. The predicted octanol–water partition coefficient (Wildman–Crippen LogP) is 5.29. The molecule has 28 heavy (non-hydrogen) atoms. The van der Waals surface area contributed by atoms with Gasteiger partial charge in [-0.1, -0.05) is 25.4 Å². The van der Waals surface area contributed by atoms with Crippen LogP contribution in [0.5, 0.6) is 0 Å². The first-order valence-corrected chi connectivity index (χ1v) is 9.18. The number of amides is 1. The second-order valence-corrected chi connectivity index (χ2v) is 7.36. The van der Waals surface area contributed by atoms with Gasteiger partial charge in [-0.3, -0.25) is 4.79 Å². The third-order valence-corrected chi connectivity index (χ3v) is 4.25. The standard InChI is InChI=1S/C19H16ClF2N3O2S/c1-9(2)5-17(26)25-19(28)23-10-3-4-16-15(6-10)24-18(27-16)11-7-13(21)14(22)8-12(11)20/h3-4,6-9H,5H2,1-2H3,(H2,23,25,26,28). The number of thiocarbonyl (C=S) groups is 1. The van der Waals surface area contributed by atoms with Crippen LogP contribution >= 0.6 is 23.8 Å². The summed E-state index contributed by atoms with van der Waals surface area (Å²) >= 11 is 11.1. The molecule has 0 fully saturated rings. The molecule has 0 spiro atoms. The van der Waals surface area contributed by atoms with Gasteiger partial charge < -0.3 is 15.1 Å². The van der Waals surface area contributed by atoms with E-state index in [1.807, 2.05) is 13.8 Å². The van der Waals surface area contributed by atoms with E-state index in [4.69, 9.17) is 28.2 Å². The quantitative estimate of drug-likeness (QED) is 0.441.